The van der Waals surface area contributed by atoms with Gasteiger partial charge in [0.1, 0.15) is 0 Å². The summed E-state index contributed by atoms with van der Waals surface area (Å²) in [6, 6.07) is 8.42. The number of aliphatic hydroxyl groups is 1. The summed E-state index contributed by atoms with van der Waals surface area (Å²) in [5.41, 5.74) is 1.74. The Balaban J connectivity index is 2.71. The lowest BCUT2D eigenvalue weighted by Crippen LogP contribution is -2.21. The second kappa shape index (κ2) is 6.80. The third-order valence-corrected chi connectivity index (χ3v) is 3.35. The predicted octanol–water partition coefficient (Wildman–Crippen LogP) is 4.43. The van der Waals surface area contributed by atoms with E-state index in [9.17, 15) is 5.11 Å². The molecule has 1 atom stereocenters. The molecule has 0 aromatic heterocycles. The number of hydrogen-bond donors (Lipinski definition) is 1. The summed E-state index contributed by atoms with van der Waals surface area (Å²) in [6.07, 6.45) is 6.61. The summed E-state index contributed by atoms with van der Waals surface area (Å²) in [4.78, 5) is 0. The van der Waals surface area contributed by atoms with Crippen molar-refractivity contribution in [1.82, 2.24) is 0 Å². The van der Waals surface area contributed by atoms with E-state index in [-0.39, 0.29) is 0 Å². The molecule has 1 heteroatoms. The molecule has 0 aliphatic carbocycles. The molecule has 1 nitrogen and oxygen atoms in total. The van der Waals surface area contributed by atoms with Gasteiger partial charge in [-0.1, -0.05) is 63.8 Å². The highest BCUT2D eigenvalue weighted by atomic mass is 16.3. The molecule has 0 saturated heterocycles. The molecule has 17 heavy (non-hydrogen) atoms. The van der Waals surface area contributed by atoms with Crippen molar-refractivity contribution >= 4 is 0 Å². The Morgan fingerprint density at radius 2 is 1.88 bits per heavy atom. The fourth-order valence-electron chi connectivity index (χ4n) is 2.21. The second-order valence-corrected chi connectivity index (χ2v) is 5.18. The van der Waals surface area contributed by atoms with Gasteiger partial charge in [-0.3, -0.25) is 0 Å². The molecule has 0 heterocycles. The Labute approximate surface area is 106 Å². The zero-order valence-electron chi connectivity index (χ0n) is 11.5. The minimum absolute atomic E-state index is 0.668. The number of rotatable bonds is 7. The van der Waals surface area contributed by atoms with Crippen molar-refractivity contribution in [2.75, 3.05) is 0 Å². The molecule has 0 fully saturated rings. The first-order valence-electron chi connectivity index (χ1n) is 6.92. The molecule has 0 spiro atoms. The van der Waals surface area contributed by atoms with E-state index in [4.69, 9.17) is 0 Å². The van der Waals surface area contributed by atoms with E-state index in [1.807, 2.05) is 13.0 Å². The van der Waals surface area contributed by atoms with E-state index in [1.165, 1.54) is 18.4 Å². The second-order valence-electron chi connectivity index (χ2n) is 5.18. The average Bonchev–Trinajstić information content (AvgIpc) is 2.30. The minimum atomic E-state index is -0.668. The van der Waals surface area contributed by atoms with E-state index in [1.54, 1.807) is 0 Å². The molecule has 0 saturated carbocycles. The average molecular weight is 234 g/mol. The van der Waals surface area contributed by atoms with Crippen molar-refractivity contribution in [3.63, 3.8) is 0 Å². The maximum absolute atomic E-state index is 10.5. The maximum atomic E-state index is 10.5. The van der Waals surface area contributed by atoms with E-state index in [0.717, 1.165) is 31.2 Å². The van der Waals surface area contributed by atoms with Crippen LogP contribution < -0.4 is 0 Å². The topological polar surface area (TPSA) is 20.2 Å². The van der Waals surface area contributed by atoms with Crippen LogP contribution in [0, 0.1) is 0 Å². The van der Waals surface area contributed by atoms with Crippen LogP contribution in [-0.2, 0) is 12.0 Å². The monoisotopic (exact) mass is 234 g/mol. The Kier molecular flexibility index (Phi) is 5.70. The van der Waals surface area contributed by atoms with Gasteiger partial charge in [0.05, 0.1) is 5.60 Å². The summed E-state index contributed by atoms with van der Waals surface area (Å²) < 4.78 is 0. The van der Waals surface area contributed by atoms with Crippen LogP contribution in [0.4, 0.5) is 0 Å². The highest BCUT2D eigenvalue weighted by molar-refractivity contribution is 5.27. The Hall–Kier alpha value is -0.820. The third kappa shape index (κ3) is 4.51. The van der Waals surface area contributed by atoms with Crippen LogP contribution in [0.25, 0.3) is 0 Å². The van der Waals surface area contributed by atoms with Crippen molar-refractivity contribution in [1.29, 1.82) is 0 Å². The normalized spacial score (nSPS) is 14.6. The SMILES string of the molecule is CCCCCC(C)(O)c1cccc(CCC)c1. The number of benzene rings is 1. The molecular weight excluding hydrogens is 208 g/mol. The molecule has 1 N–H and O–H groups in total. The summed E-state index contributed by atoms with van der Waals surface area (Å²) in [7, 11) is 0. The predicted molar refractivity (Wildman–Crippen MR) is 74.1 cm³/mol. The minimum Gasteiger partial charge on any atom is -0.385 e. The lowest BCUT2D eigenvalue weighted by molar-refractivity contribution is 0.0449. The molecule has 1 aromatic rings. The van der Waals surface area contributed by atoms with Gasteiger partial charge in [-0.05, 0) is 30.9 Å². The van der Waals surface area contributed by atoms with E-state index in [0.29, 0.717) is 0 Å². The zero-order chi connectivity index (χ0) is 12.7. The van der Waals surface area contributed by atoms with Crippen molar-refractivity contribution in [3.8, 4) is 0 Å². The van der Waals surface area contributed by atoms with E-state index < -0.39 is 5.60 Å². The molecule has 1 rings (SSSR count). The van der Waals surface area contributed by atoms with Gasteiger partial charge in [-0.2, -0.15) is 0 Å². The summed E-state index contributed by atoms with van der Waals surface area (Å²) in [6.45, 7) is 6.32. The first-order valence-corrected chi connectivity index (χ1v) is 6.92. The lowest BCUT2D eigenvalue weighted by atomic mass is 9.89. The van der Waals surface area contributed by atoms with Crippen molar-refractivity contribution in [2.24, 2.45) is 0 Å². The van der Waals surface area contributed by atoms with Gasteiger partial charge in [-0.15, -0.1) is 0 Å². The van der Waals surface area contributed by atoms with Crippen molar-refractivity contribution in [3.05, 3.63) is 35.4 Å². The van der Waals surface area contributed by atoms with Crippen molar-refractivity contribution < 1.29 is 5.11 Å². The molecule has 0 radical (unpaired) electrons. The van der Waals surface area contributed by atoms with Crippen LogP contribution in [0.1, 0.15) is 64.0 Å². The van der Waals surface area contributed by atoms with E-state index in [2.05, 4.69) is 32.0 Å². The molecule has 0 bridgehead atoms. The van der Waals surface area contributed by atoms with Crippen LogP contribution in [0.5, 0.6) is 0 Å². The summed E-state index contributed by atoms with van der Waals surface area (Å²) >= 11 is 0. The van der Waals surface area contributed by atoms with Crippen LogP contribution in [0.3, 0.4) is 0 Å². The van der Waals surface area contributed by atoms with Gasteiger partial charge in [0.15, 0.2) is 0 Å². The number of hydrogen-bond acceptors (Lipinski definition) is 1. The Bertz CT molecular complexity index is 328. The molecule has 96 valence electrons. The fourth-order valence-corrected chi connectivity index (χ4v) is 2.21. The van der Waals surface area contributed by atoms with Crippen LogP contribution >= 0.6 is 0 Å². The first-order chi connectivity index (χ1) is 8.10. The number of aryl methyl sites for hydroxylation is 1. The smallest absolute Gasteiger partial charge is 0.0868 e. The number of unbranched alkanes of at least 4 members (excludes halogenated alkanes) is 2. The zero-order valence-corrected chi connectivity index (χ0v) is 11.5. The van der Waals surface area contributed by atoms with Gasteiger partial charge in [-0.25, -0.2) is 0 Å². The van der Waals surface area contributed by atoms with Crippen molar-refractivity contribution in [2.45, 2.75) is 64.9 Å². The Morgan fingerprint density at radius 1 is 1.12 bits per heavy atom. The highest BCUT2D eigenvalue weighted by Gasteiger charge is 2.22. The quantitative estimate of drug-likeness (QED) is 0.692. The van der Waals surface area contributed by atoms with Gasteiger partial charge in [0.2, 0.25) is 0 Å². The summed E-state index contributed by atoms with van der Waals surface area (Å²) in [5.74, 6) is 0. The van der Waals surface area contributed by atoms with Crippen LogP contribution in [-0.4, -0.2) is 5.11 Å². The molecule has 0 aliphatic rings. The molecule has 0 aliphatic heterocycles. The Morgan fingerprint density at radius 3 is 2.53 bits per heavy atom. The summed E-state index contributed by atoms with van der Waals surface area (Å²) in [5, 5.41) is 10.5. The largest absolute Gasteiger partial charge is 0.385 e. The molecule has 1 aromatic carbocycles. The van der Waals surface area contributed by atoms with Gasteiger partial charge >= 0.3 is 0 Å². The molecular formula is C16H26O. The molecule has 1 unspecified atom stereocenters. The lowest BCUT2D eigenvalue weighted by Gasteiger charge is -2.24. The van der Waals surface area contributed by atoms with Gasteiger partial charge < -0.3 is 5.11 Å². The first kappa shape index (κ1) is 14.2. The third-order valence-electron chi connectivity index (χ3n) is 3.35. The fraction of sp³-hybridized carbons (Fsp3) is 0.625. The highest BCUT2D eigenvalue weighted by Crippen LogP contribution is 2.27. The van der Waals surface area contributed by atoms with Gasteiger partial charge in [0.25, 0.3) is 0 Å². The standard InChI is InChI=1S/C16H26O/c1-4-6-7-12-16(3,17)15-11-8-10-14(13-15)9-5-2/h8,10-11,13,17H,4-7,9,12H2,1-3H3. The van der Waals surface area contributed by atoms with Gasteiger partial charge in [0, 0.05) is 0 Å². The maximum Gasteiger partial charge on any atom is 0.0868 e. The van der Waals surface area contributed by atoms with Crippen LogP contribution in [0.15, 0.2) is 24.3 Å². The van der Waals surface area contributed by atoms with Crippen LogP contribution in [0.2, 0.25) is 0 Å². The molecule has 0 amide bonds. The van der Waals surface area contributed by atoms with E-state index >= 15 is 0 Å².